The van der Waals surface area contributed by atoms with Gasteiger partial charge in [0.2, 0.25) is 0 Å². The first-order valence-electron chi connectivity index (χ1n) is 2.46. The maximum Gasteiger partial charge on any atom is 0.282 e. The minimum Gasteiger partial charge on any atom is -0.410 e. The Morgan fingerprint density at radius 3 is 2.86 bits per heavy atom. The van der Waals surface area contributed by atoms with Crippen LogP contribution in [0.5, 0.6) is 0 Å². The zero-order valence-electron chi connectivity index (χ0n) is 4.44. The van der Waals surface area contributed by atoms with E-state index in [2.05, 4.69) is 0 Å². The Kier molecular flexibility index (Phi) is 2.22. The lowest BCUT2D eigenvalue weighted by atomic mass is 10.6. The molecule has 1 aliphatic rings. The van der Waals surface area contributed by atoms with Crippen LogP contribution in [0.4, 0.5) is 0 Å². The topological polar surface area (TPSA) is 9.23 Å². The van der Waals surface area contributed by atoms with Crippen molar-refractivity contribution in [2.75, 3.05) is 12.9 Å². The fourth-order valence-corrected chi connectivity index (χ4v) is 4.68. The molecule has 0 saturated carbocycles. The zero-order valence-corrected chi connectivity index (χ0v) is 6.25. The van der Waals surface area contributed by atoms with Crippen molar-refractivity contribution >= 4 is 19.4 Å². The number of hydrogen-bond acceptors (Lipinski definition) is 2. The van der Waals surface area contributed by atoms with Crippen LogP contribution in [0, 0.1) is 0 Å². The van der Waals surface area contributed by atoms with Gasteiger partial charge in [0.05, 0.1) is 0 Å². The van der Waals surface area contributed by atoms with Crippen molar-refractivity contribution in [1.82, 2.24) is 0 Å². The summed E-state index contributed by atoms with van der Waals surface area (Å²) in [6.07, 6.45) is 1.38. The van der Waals surface area contributed by atoms with E-state index in [-0.39, 0.29) is 8.19 Å². The number of rotatable bonds is 1. The van der Waals surface area contributed by atoms with Gasteiger partial charge >= 0.3 is 0 Å². The fourth-order valence-electron chi connectivity index (χ4n) is 0.636. The minimum atomic E-state index is -0.335. The van der Waals surface area contributed by atoms with E-state index in [4.69, 9.17) is 4.43 Å². The summed E-state index contributed by atoms with van der Waals surface area (Å²) >= 11 is 2.02. The van der Waals surface area contributed by atoms with Crippen molar-refractivity contribution < 1.29 is 4.43 Å². The van der Waals surface area contributed by atoms with Gasteiger partial charge in [-0.25, -0.2) is 0 Å². The molecule has 1 nitrogen and oxygen atoms in total. The van der Waals surface area contributed by atoms with Gasteiger partial charge in [0, 0.05) is 7.11 Å². The van der Waals surface area contributed by atoms with Gasteiger partial charge in [0.1, 0.15) is 0 Å². The van der Waals surface area contributed by atoms with E-state index in [1.54, 1.807) is 0 Å². The predicted octanol–water partition coefficient (Wildman–Crippen LogP) is 1.26. The van der Waals surface area contributed by atoms with Gasteiger partial charge in [-0.3, -0.25) is 0 Å². The lowest BCUT2D eigenvalue weighted by molar-refractivity contribution is 0.436. The Labute approximate surface area is 49.8 Å². The maximum atomic E-state index is 5.18. The average Bonchev–Trinajstić information content (AvgIpc) is 2.14. The molecule has 0 unspecified atom stereocenters. The van der Waals surface area contributed by atoms with Gasteiger partial charge in [-0.2, -0.15) is 11.2 Å². The van der Waals surface area contributed by atoms with Crippen LogP contribution in [0.3, 0.4) is 0 Å². The van der Waals surface area contributed by atoms with Gasteiger partial charge in [-0.15, -0.1) is 0 Å². The Balaban J connectivity index is 2.14. The van der Waals surface area contributed by atoms with Crippen molar-refractivity contribution in [3.63, 3.8) is 0 Å². The molecule has 1 heterocycles. The van der Waals surface area contributed by atoms with Crippen molar-refractivity contribution in [2.45, 2.75) is 12.5 Å². The monoisotopic (exact) mass is 133 g/mol. The maximum absolute atomic E-state index is 5.18. The van der Waals surface area contributed by atoms with E-state index < -0.39 is 0 Å². The molecule has 0 atom stereocenters. The second kappa shape index (κ2) is 2.74. The van der Waals surface area contributed by atoms with Crippen LogP contribution in [0.25, 0.3) is 0 Å². The van der Waals surface area contributed by atoms with Gasteiger partial charge in [0.25, 0.3) is 8.19 Å². The summed E-state index contributed by atoms with van der Waals surface area (Å²) in [5, 5.41) is 0. The van der Waals surface area contributed by atoms with Crippen LogP contribution in [-0.2, 0) is 4.43 Å². The third kappa shape index (κ3) is 1.47. The van der Waals surface area contributed by atoms with E-state index in [9.17, 15) is 0 Å². The molecule has 41 valence electrons. The Morgan fingerprint density at radius 2 is 2.57 bits per heavy atom. The van der Waals surface area contributed by atoms with Gasteiger partial charge < -0.3 is 4.43 Å². The van der Waals surface area contributed by atoms with Crippen molar-refractivity contribution in [3.8, 4) is 0 Å². The van der Waals surface area contributed by atoms with Gasteiger partial charge in [-0.1, -0.05) is 0 Å². The molecule has 1 saturated heterocycles. The molecule has 0 N–H and O–H groups in total. The van der Waals surface area contributed by atoms with Crippen LogP contribution in [0.1, 0.15) is 6.42 Å². The minimum absolute atomic E-state index is 0.335. The summed E-state index contributed by atoms with van der Waals surface area (Å²) in [7, 11) is 1.49. The molecule has 0 amide bonds. The standard InChI is InChI=1S/C4H9OSSi/c1-5-7-4-2-3-6-7/h2-4H2,1H3. The van der Waals surface area contributed by atoms with Gasteiger partial charge in [0.15, 0.2) is 0 Å². The van der Waals surface area contributed by atoms with Crippen LogP contribution in [0.2, 0.25) is 6.04 Å². The molecule has 0 aromatic heterocycles. The molecule has 1 fully saturated rings. The summed E-state index contributed by atoms with van der Waals surface area (Å²) < 4.78 is 5.18. The van der Waals surface area contributed by atoms with E-state index in [0.29, 0.717) is 0 Å². The van der Waals surface area contributed by atoms with Crippen LogP contribution in [-0.4, -0.2) is 21.1 Å². The third-order valence-electron chi connectivity index (χ3n) is 1.02. The Bertz CT molecular complexity index is 53.7. The molecule has 0 bridgehead atoms. The van der Waals surface area contributed by atoms with Crippen molar-refractivity contribution in [1.29, 1.82) is 0 Å². The average molecular weight is 133 g/mol. The van der Waals surface area contributed by atoms with Gasteiger partial charge in [-0.05, 0) is 18.2 Å². The largest absolute Gasteiger partial charge is 0.410 e. The molecule has 1 aliphatic heterocycles. The summed E-state index contributed by atoms with van der Waals surface area (Å²) in [6.45, 7) is 0. The lowest BCUT2D eigenvalue weighted by Crippen LogP contribution is -2.03. The summed E-state index contributed by atoms with van der Waals surface area (Å²) in [6, 6.07) is 1.35. The molecule has 7 heavy (non-hydrogen) atoms. The molecule has 0 aliphatic carbocycles. The Morgan fingerprint density at radius 1 is 1.71 bits per heavy atom. The first-order valence-corrected chi connectivity index (χ1v) is 5.78. The van der Waals surface area contributed by atoms with E-state index in [1.807, 2.05) is 18.3 Å². The summed E-state index contributed by atoms with van der Waals surface area (Å²) in [5.74, 6) is 1.34. The van der Waals surface area contributed by atoms with Crippen LogP contribution < -0.4 is 0 Å². The van der Waals surface area contributed by atoms with Crippen LogP contribution in [0.15, 0.2) is 0 Å². The highest BCUT2D eigenvalue weighted by Gasteiger charge is 2.17. The second-order valence-electron chi connectivity index (χ2n) is 1.53. The van der Waals surface area contributed by atoms with Crippen molar-refractivity contribution in [2.24, 2.45) is 0 Å². The summed E-state index contributed by atoms with van der Waals surface area (Å²) in [5.41, 5.74) is 0. The molecule has 0 aromatic rings. The molecule has 3 heteroatoms. The zero-order chi connectivity index (χ0) is 5.11. The molecule has 1 radical (unpaired) electrons. The highest BCUT2D eigenvalue weighted by molar-refractivity contribution is 8.25. The van der Waals surface area contributed by atoms with E-state index in [0.717, 1.165) is 0 Å². The Hall–Kier alpha value is 0.527. The van der Waals surface area contributed by atoms with Crippen molar-refractivity contribution in [3.05, 3.63) is 0 Å². The molecular weight excluding hydrogens is 124 g/mol. The fraction of sp³-hybridized carbons (Fsp3) is 1.00. The normalized spacial score (nSPS) is 23.6. The first kappa shape index (κ1) is 5.66. The molecule has 1 rings (SSSR count). The highest BCUT2D eigenvalue weighted by Crippen LogP contribution is 2.23. The molecular formula is C4H9OSSi. The smallest absolute Gasteiger partial charge is 0.282 e. The van der Waals surface area contributed by atoms with E-state index in [1.165, 1.54) is 18.2 Å². The van der Waals surface area contributed by atoms with Crippen LogP contribution >= 0.6 is 11.2 Å². The molecule has 0 spiro atoms. The molecule has 0 aromatic carbocycles. The number of hydrogen-bond donors (Lipinski definition) is 0. The lowest BCUT2D eigenvalue weighted by Gasteiger charge is -1.97. The SMILES string of the molecule is CO[Si]1CCCS1. The first-order chi connectivity index (χ1) is 3.43. The third-order valence-corrected chi connectivity index (χ3v) is 5.74. The predicted molar refractivity (Wildman–Crippen MR) is 34.6 cm³/mol. The second-order valence-corrected chi connectivity index (χ2v) is 6.11. The highest BCUT2D eigenvalue weighted by atomic mass is 32.4. The summed E-state index contributed by atoms with van der Waals surface area (Å²) in [4.78, 5) is 0. The van der Waals surface area contributed by atoms with E-state index >= 15 is 0 Å². The quantitative estimate of drug-likeness (QED) is 0.498.